The second kappa shape index (κ2) is 11.5. The molecule has 1 N–H and O–H groups in total. The first kappa shape index (κ1) is 25.2. The molecule has 1 amide bonds. The summed E-state index contributed by atoms with van der Waals surface area (Å²) in [4.78, 5) is 47.7. The summed E-state index contributed by atoms with van der Waals surface area (Å²) >= 11 is 4.66. The molecule has 0 radical (unpaired) electrons. The third-order valence-corrected chi connectivity index (χ3v) is 5.85. The Hall–Kier alpha value is -2.11. The highest BCUT2D eigenvalue weighted by Gasteiger charge is 2.51. The van der Waals surface area contributed by atoms with Crippen molar-refractivity contribution in [1.82, 2.24) is 5.32 Å². The summed E-state index contributed by atoms with van der Waals surface area (Å²) in [7, 11) is 0. The molecular weight excluding hydrogens is 494 g/mol. The topological polar surface area (TPSA) is 117 Å². The van der Waals surface area contributed by atoms with Gasteiger partial charge in [0, 0.05) is 37.1 Å². The summed E-state index contributed by atoms with van der Waals surface area (Å²) in [5, 5.41) is 2.74. The molecule has 5 atom stereocenters. The van der Waals surface area contributed by atoms with Crippen LogP contribution >= 0.6 is 27.7 Å². The molecule has 31 heavy (non-hydrogen) atoms. The monoisotopic (exact) mass is 517 g/mol. The smallest absolute Gasteiger partial charge is 0.303 e. The number of carbonyl (C=O) groups is 4. The highest BCUT2D eigenvalue weighted by atomic mass is 79.9. The van der Waals surface area contributed by atoms with Crippen LogP contribution in [0.15, 0.2) is 33.6 Å². The van der Waals surface area contributed by atoms with Gasteiger partial charge in [-0.25, -0.2) is 0 Å². The Kier molecular flexibility index (Phi) is 9.32. The number of esters is 3. The van der Waals surface area contributed by atoms with E-state index in [0.717, 1.165) is 9.37 Å². The van der Waals surface area contributed by atoms with E-state index in [4.69, 9.17) is 18.9 Å². The number of hydrogen-bond donors (Lipinski definition) is 1. The number of hydrogen-bond acceptors (Lipinski definition) is 9. The summed E-state index contributed by atoms with van der Waals surface area (Å²) in [6.45, 7) is 4.74. The molecule has 1 aromatic carbocycles. The van der Waals surface area contributed by atoms with Gasteiger partial charge in [-0.3, -0.25) is 19.2 Å². The predicted molar refractivity (Wildman–Crippen MR) is 114 cm³/mol. The number of thioether (sulfide) groups is 1. The van der Waals surface area contributed by atoms with Crippen molar-refractivity contribution in [3.8, 4) is 0 Å². The number of halogens is 1. The van der Waals surface area contributed by atoms with E-state index in [0.29, 0.717) is 0 Å². The fourth-order valence-electron chi connectivity index (χ4n) is 3.04. The van der Waals surface area contributed by atoms with Gasteiger partial charge in [-0.15, -0.1) is 0 Å². The number of nitrogens with one attached hydrogen (secondary N) is 1. The van der Waals surface area contributed by atoms with Crippen LogP contribution in [0.5, 0.6) is 0 Å². The van der Waals surface area contributed by atoms with E-state index in [1.807, 2.05) is 24.3 Å². The van der Waals surface area contributed by atoms with E-state index in [-0.39, 0.29) is 12.5 Å². The summed E-state index contributed by atoms with van der Waals surface area (Å²) < 4.78 is 22.9. The lowest BCUT2D eigenvalue weighted by Crippen LogP contribution is -2.65. The van der Waals surface area contributed by atoms with Crippen molar-refractivity contribution in [2.24, 2.45) is 0 Å². The molecule has 1 aliphatic rings. The molecule has 0 saturated carbocycles. The third-order valence-electron chi connectivity index (χ3n) is 4.14. The van der Waals surface area contributed by atoms with Gasteiger partial charge >= 0.3 is 17.9 Å². The molecule has 0 unspecified atom stereocenters. The largest absolute Gasteiger partial charge is 0.463 e. The maximum absolute atomic E-state index is 11.9. The van der Waals surface area contributed by atoms with Crippen LogP contribution in [0.2, 0.25) is 0 Å². The van der Waals surface area contributed by atoms with Crippen molar-refractivity contribution in [3.05, 3.63) is 28.7 Å². The molecule has 1 saturated heterocycles. The van der Waals surface area contributed by atoms with Crippen molar-refractivity contribution >= 4 is 51.5 Å². The minimum absolute atomic E-state index is 0.227. The van der Waals surface area contributed by atoms with Gasteiger partial charge in [0.25, 0.3) is 0 Å². The van der Waals surface area contributed by atoms with Crippen LogP contribution < -0.4 is 5.32 Å². The van der Waals surface area contributed by atoms with Gasteiger partial charge < -0.3 is 24.3 Å². The molecule has 170 valence electrons. The average molecular weight is 518 g/mol. The van der Waals surface area contributed by atoms with Gasteiger partial charge in [0.05, 0.1) is 0 Å². The first-order valence-electron chi connectivity index (χ1n) is 9.39. The molecule has 0 spiro atoms. The first-order chi connectivity index (χ1) is 14.6. The summed E-state index contributed by atoms with van der Waals surface area (Å²) in [6, 6.07) is 6.56. The van der Waals surface area contributed by atoms with Crippen LogP contribution in [0.25, 0.3) is 0 Å². The lowest BCUT2D eigenvalue weighted by Gasteiger charge is -2.45. The molecule has 2 rings (SSSR count). The van der Waals surface area contributed by atoms with Crippen LogP contribution in [0, 0.1) is 0 Å². The maximum atomic E-state index is 11.9. The zero-order chi connectivity index (χ0) is 23.1. The minimum Gasteiger partial charge on any atom is -0.463 e. The second-order valence-electron chi connectivity index (χ2n) is 6.79. The van der Waals surface area contributed by atoms with Crippen molar-refractivity contribution in [2.45, 2.75) is 62.4 Å². The van der Waals surface area contributed by atoms with Crippen molar-refractivity contribution < 1.29 is 38.1 Å². The van der Waals surface area contributed by atoms with Gasteiger partial charge in [0.15, 0.2) is 12.2 Å². The fourth-order valence-corrected chi connectivity index (χ4v) is 4.43. The van der Waals surface area contributed by atoms with E-state index in [1.54, 1.807) is 0 Å². The molecule has 1 fully saturated rings. The Bertz CT molecular complexity index is 818. The van der Waals surface area contributed by atoms with Crippen LogP contribution in [0.4, 0.5) is 0 Å². The molecular formula is C20H24BrNO8S. The normalized spacial score (nSPS) is 25.3. The van der Waals surface area contributed by atoms with E-state index < -0.39 is 47.7 Å². The third kappa shape index (κ3) is 7.82. The number of amides is 1. The van der Waals surface area contributed by atoms with E-state index in [2.05, 4.69) is 21.2 Å². The SMILES string of the molecule is CC(=O)N[C@H]1[C@@H](OC(C)=O)[C@@H](OC(C)=O)[C@@H](COC(C)=O)O[C@H]1Sc1ccc(Br)cc1. The van der Waals surface area contributed by atoms with Crippen LogP contribution in [-0.2, 0) is 38.1 Å². The van der Waals surface area contributed by atoms with Crippen LogP contribution in [0.1, 0.15) is 27.7 Å². The molecule has 11 heteroatoms. The predicted octanol–water partition coefficient (Wildman–Crippen LogP) is 2.20. The number of carbonyl (C=O) groups excluding carboxylic acids is 4. The molecule has 0 bridgehead atoms. The van der Waals surface area contributed by atoms with Crippen LogP contribution in [-0.4, -0.2) is 60.2 Å². The zero-order valence-electron chi connectivity index (χ0n) is 17.5. The van der Waals surface area contributed by atoms with Crippen LogP contribution in [0.3, 0.4) is 0 Å². The Morgan fingerprint density at radius 3 is 2.06 bits per heavy atom. The minimum atomic E-state index is -1.10. The zero-order valence-corrected chi connectivity index (χ0v) is 19.9. The lowest BCUT2D eigenvalue weighted by molar-refractivity contribution is -0.211. The van der Waals surface area contributed by atoms with E-state index in [9.17, 15) is 19.2 Å². The number of benzene rings is 1. The Labute approximate surface area is 192 Å². The second-order valence-corrected chi connectivity index (χ2v) is 8.88. The number of rotatable bonds is 7. The highest BCUT2D eigenvalue weighted by molar-refractivity contribution is 9.10. The highest BCUT2D eigenvalue weighted by Crippen LogP contribution is 2.36. The molecule has 9 nitrogen and oxygen atoms in total. The van der Waals surface area contributed by atoms with Crippen molar-refractivity contribution in [2.75, 3.05) is 6.61 Å². The standard InChI is InChI=1S/C20H24BrNO8S/c1-10(23)22-17-19(29-13(4)26)18(28-12(3)25)16(9-27-11(2)24)30-20(17)31-15-7-5-14(21)6-8-15/h5-8,16-20H,9H2,1-4H3,(H,22,23)/t16-,17+,18+,19-,20+/m1/s1. The molecule has 1 aliphatic heterocycles. The first-order valence-corrected chi connectivity index (χ1v) is 11.1. The molecule has 1 heterocycles. The van der Waals surface area contributed by atoms with Gasteiger partial charge in [0.2, 0.25) is 5.91 Å². The molecule has 0 aromatic heterocycles. The Morgan fingerprint density at radius 1 is 0.968 bits per heavy atom. The molecule has 1 aromatic rings. The summed E-state index contributed by atoms with van der Waals surface area (Å²) in [5.41, 5.74) is -0.734. The van der Waals surface area contributed by atoms with E-state index >= 15 is 0 Å². The molecule has 0 aliphatic carbocycles. The quantitative estimate of drug-likeness (QED) is 0.428. The lowest BCUT2D eigenvalue weighted by atomic mass is 9.97. The van der Waals surface area contributed by atoms with Crippen molar-refractivity contribution in [1.29, 1.82) is 0 Å². The fraction of sp³-hybridized carbons (Fsp3) is 0.500. The van der Waals surface area contributed by atoms with Crippen molar-refractivity contribution in [3.63, 3.8) is 0 Å². The number of ether oxygens (including phenoxy) is 4. The maximum Gasteiger partial charge on any atom is 0.303 e. The Morgan fingerprint density at radius 2 is 1.55 bits per heavy atom. The van der Waals surface area contributed by atoms with E-state index in [1.165, 1.54) is 39.5 Å². The summed E-state index contributed by atoms with van der Waals surface area (Å²) in [6.07, 6.45) is -3.08. The van der Waals surface area contributed by atoms with Gasteiger partial charge in [-0.2, -0.15) is 0 Å². The Balaban J connectivity index is 2.43. The summed E-state index contributed by atoms with van der Waals surface area (Å²) in [5.74, 6) is -2.19. The average Bonchev–Trinajstić information content (AvgIpc) is 2.65. The van der Waals surface area contributed by atoms with Gasteiger partial charge in [0.1, 0.15) is 24.2 Å². The van der Waals surface area contributed by atoms with Gasteiger partial charge in [-0.1, -0.05) is 27.7 Å². The van der Waals surface area contributed by atoms with Gasteiger partial charge in [-0.05, 0) is 24.3 Å².